The van der Waals surface area contributed by atoms with Gasteiger partial charge >= 0.3 is 88.7 Å². The number of hydrogen-bond donors (Lipinski definition) is 6. The molecule has 0 heterocycles. The topological polar surface area (TPSA) is 208 Å². The molecule has 0 fully saturated rings. The Morgan fingerprint density at radius 3 is 0.376 bits per heavy atom. The molecule has 0 unspecified atom stereocenters. The molecule has 0 spiro atoms. The van der Waals surface area contributed by atoms with E-state index < -0.39 is 7.82 Å². The molecule has 6 aromatic rings. The fourth-order valence-corrected chi connectivity index (χ4v) is 14.7. The summed E-state index contributed by atoms with van der Waals surface area (Å²) in [5, 5.41) is 65.8. The minimum Gasteiger partial charge on any atom is -0.822 e. The molecule has 0 bridgehead atoms. The molecule has 10 nitrogen and oxygen atoms in total. The molecular weight excluding hydrogens is 1300 g/mol. The number of aromatic hydroxyl groups is 6. The molecule has 14 heteroatoms. The van der Waals surface area contributed by atoms with Crippen LogP contribution in [0, 0.1) is 0 Å². The molecule has 0 saturated heterocycles. The predicted molar refractivity (Wildman–Crippen MR) is 409 cm³/mol. The van der Waals surface area contributed by atoms with Gasteiger partial charge in [-0.1, -0.05) is 286 Å². The van der Waals surface area contributed by atoms with Crippen molar-refractivity contribution in [2.24, 2.45) is 0 Å². The Morgan fingerprint density at radius 2 is 0.307 bits per heavy atom. The van der Waals surface area contributed by atoms with E-state index in [1.165, 1.54) is 66.8 Å². The zero-order valence-electron chi connectivity index (χ0n) is 70.8. The first-order valence-corrected chi connectivity index (χ1v) is 36.6. The van der Waals surface area contributed by atoms with Crippen molar-refractivity contribution in [3.8, 4) is 34.5 Å². The minimum atomic E-state index is -5.39. The molecule has 6 rings (SSSR count). The maximum Gasteiger partial charge on any atom is 1.00 e. The molecule has 6 N–H and O–H groups in total. The first-order valence-electron chi connectivity index (χ1n) is 35.2. The van der Waals surface area contributed by atoms with Crippen LogP contribution in [0.4, 0.5) is 0 Å². The van der Waals surface area contributed by atoms with Gasteiger partial charge in [-0.2, -0.15) is 7.82 Å². The average Bonchev–Trinajstić information content (AvgIpc) is 0.761. The van der Waals surface area contributed by atoms with Gasteiger partial charge in [0.15, 0.2) is 0 Å². The van der Waals surface area contributed by atoms with Crippen molar-refractivity contribution >= 4 is 7.82 Å². The number of benzene rings is 6. The van der Waals surface area contributed by atoms with Gasteiger partial charge in [0, 0.05) is 33.4 Å². The SMILES string of the molecule is CC(C)(C)c1ccc(O)c(C(C)(C)C)c1Cc1c(C(C)(C)C)ccc(O)c1C(C)(C)C.CC(C)(C)c1ccc(O)c(C(C)(C)C)c1Cc1c(C(C)(C)C)ccc(O)c1C(C)(C)C.CC(C)(C)c1ccc(O)c(C(C)(C)C)c1Cc1c(C(C)(C)C)ccc(O)c1C(C)(C)C.O=P([O-])([O-])[O-].[Na+].[Na+].[Na+]. The van der Waals surface area contributed by atoms with Gasteiger partial charge in [0.2, 0.25) is 0 Å². The Balaban J connectivity index is 0.00000141. The third kappa shape index (κ3) is 26.3. The molecule has 0 aliphatic carbocycles. The monoisotopic (exact) mass is 1440 g/mol. The minimum absolute atomic E-state index is 0. The maximum atomic E-state index is 11.0. The fourth-order valence-electron chi connectivity index (χ4n) is 14.7. The second-order valence-electron chi connectivity index (χ2n) is 39.9. The smallest absolute Gasteiger partial charge is 0.822 e. The number of rotatable bonds is 6. The van der Waals surface area contributed by atoms with E-state index in [9.17, 15) is 30.6 Å². The van der Waals surface area contributed by atoms with Crippen LogP contribution in [0.15, 0.2) is 72.8 Å². The molecule has 0 radical (unpaired) electrons. The Morgan fingerprint density at radius 1 is 0.218 bits per heavy atom. The summed E-state index contributed by atoms with van der Waals surface area (Å²) in [4.78, 5) is 25.6. The molecule has 0 aromatic heterocycles. The van der Waals surface area contributed by atoms with E-state index in [1.54, 1.807) is 0 Å². The summed E-state index contributed by atoms with van der Waals surface area (Å²) < 4.78 is 8.55. The maximum absolute atomic E-state index is 11.0. The van der Waals surface area contributed by atoms with Gasteiger partial charge in [-0.15, -0.1) is 0 Å². The van der Waals surface area contributed by atoms with E-state index in [-0.39, 0.29) is 154 Å². The standard InChI is InChI=1S/3C29H44O2.3Na.H3O4P/c3*1-26(2,3)20-13-15-22(30)24(28(7,8)9)18(20)17-19-21(27(4,5)6)14-16-23(31)25(19)29(10,11)12;;;;1-5(2,3)4/h3*13-16,30-31H,17H2,1-12H3;;;;(H3,1,2,3,4)/q;;;3*+1;/p-3. The van der Waals surface area contributed by atoms with Crippen LogP contribution < -0.4 is 103 Å². The molecule has 548 valence electrons. The van der Waals surface area contributed by atoms with Crippen LogP contribution in [0.5, 0.6) is 34.5 Å². The summed E-state index contributed by atoms with van der Waals surface area (Å²) in [5.41, 5.74) is 19.0. The zero-order chi connectivity index (χ0) is 77.0. The number of phenols is 6. The molecule has 0 saturated carbocycles. The van der Waals surface area contributed by atoms with E-state index in [0.29, 0.717) is 53.8 Å². The quantitative estimate of drug-likeness (QED) is 0.0687. The van der Waals surface area contributed by atoms with Gasteiger partial charge in [-0.25, -0.2) is 0 Å². The van der Waals surface area contributed by atoms with Gasteiger partial charge in [0.05, 0.1) is 0 Å². The van der Waals surface area contributed by atoms with Gasteiger partial charge in [0.1, 0.15) is 34.5 Å². The first kappa shape index (κ1) is 98.2. The molecule has 0 amide bonds. The van der Waals surface area contributed by atoms with Crippen LogP contribution in [0.3, 0.4) is 0 Å². The summed E-state index contributed by atoms with van der Waals surface area (Å²) >= 11 is 0. The molecule has 0 aliphatic heterocycles. The second-order valence-corrected chi connectivity index (χ2v) is 40.8. The van der Waals surface area contributed by atoms with Gasteiger partial charge < -0.3 is 49.9 Å². The third-order valence-corrected chi connectivity index (χ3v) is 18.2. The van der Waals surface area contributed by atoms with Crippen molar-refractivity contribution in [1.82, 2.24) is 0 Å². The van der Waals surface area contributed by atoms with Crippen molar-refractivity contribution in [1.29, 1.82) is 0 Å². The van der Waals surface area contributed by atoms with Crippen LogP contribution in [0.1, 0.15) is 349 Å². The van der Waals surface area contributed by atoms with Crippen molar-refractivity contribution in [2.75, 3.05) is 0 Å². The number of hydrogen-bond acceptors (Lipinski definition) is 10. The summed E-state index contributed by atoms with van der Waals surface area (Å²) in [6.07, 6.45) is 2.05. The van der Waals surface area contributed by atoms with Gasteiger partial charge in [-0.3, -0.25) is 0 Å². The van der Waals surface area contributed by atoms with Gasteiger partial charge in [0.25, 0.3) is 0 Å². The molecular formula is C87H132Na3O10P. The Hall–Kier alpha value is -2.77. The van der Waals surface area contributed by atoms with E-state index in [0.717, 1.165) is 33.4 Å². The molecule has 0 atom stereocenters. The van der Waals surface area contributed by atoms with Crippen molar-refractivity contribution < 1.29 is 139 Å². The summed E-state index contributed by atoms with van der Waals surface area (Å²) in [7, 11) is -5.39. The van der Waals surface area contributed by atoms with Crippen molar-refractivity contribution in [3.05, 3.63) is 173 Å². The molecule has 101 heavy (non-hydrogen) atoms. The zero-order valence-corrected chi connectivity index (χ0v) is 77.7. The average molecular weight is 1440 g/mol. The van der Waals surface area contributed by atoms with E-state index >= 15 is 0 Å². The summed E-state index contributed by atoms with van der Waals surface area (Å²) in [6.45, 7) is 79.1. The number of phosphoric acid groups is 1. The third-order valence-electron chi connectivity index (χ3n) is 18.2. The van der Waals surface area contributed by atoms with E-state index in [1.807, 2.05) is 36.4 Å². The summed E-state index contributed by atoms with van der Waals surface area (Å²) in [5.74, 6) is 2.11. The van der Waals surface area contributed by atoms with Crippen LogP contribution in [-0.2, 0) is 88.8 Å². The Labute approximate surface area is 680 Å². The first-order chi connectivity index (χ1) is 43.3. The van der Waals surface area contributed by atoms with Gasteiger partial charge in [-0.05, 0) is 187 Å². The van der Waals surface area contributed by atoms with Crippen LogP contribution in [-0.4, -0.2) is 30.6 Å². The van der Waals surface area contributed by atoms with Crippen LogP contribution in [0.2, 0.25) is 0 Å². The van der Waals surface area contributed by atoms with Crippen molar-refractivity contribution in [3.63, 3.8) is 0 Å². The van der Waals surface area contributed by atoms with E-state index in [4.69, 9.17) is 19.2 Å². The van der Waals surface area contributed by atoms with Crippen molar-refractivity contribution in [2.45, 2.75) is 333 Å². The Kier molecular flexibility index (Phi) is 33.3. The molecule has 0 aliphatic rings. The van der Waals surface area contributed by atoms with Crippen LogP contribution >= 0.6 is 7.82 Å². The Bertz CT molecular complexity index is 3210. The summed E-state index contributed by atoms with van der Waals surface area (Å²) in [6, 6.07) is 23.6. The second kappa shape index (κ2) is 34.2. The largest absolute Gasteiger partial charge is 1.00 e. The number of phenolic OH excluding ortho intramolecular Hbond substituents is 6. The van der Waals surface area contributed by atoms with E-state index in [2.05, 4.69) is 286 Å². The predicted octanol–water partition coefficient (Wildman–Crippen LogP) is 11.8. The molecule has 6 aromatic carbocycles. The fraction of sp³-hybridized carbons (Fsp3) is 0.586. The van der Waals surface area contributed by atoms with Crippen LogP contribution in [0.25, 0.3) is 0 Å². The normalized spacial score (nSPS) is 13.1.